The van der Waals surface area contributed by atoms with Crippen LogP contribution >= 0.6 is 24.0 Å². The highest BCUT2D eigenvalue weighted by atomic mass is 127. The van der Waals surface area contributed by atoms with Gasteiger partial charge in [-0.05, 0) is 25.8 Å². The number of guanidine groups is 1. The van der Waals surface area contributed by atoms with Crippen molar-refractivity contribution in [3.8, 4) is 5.75 Å². The normalized spacial score (nSPS) is 14.1. The van der Waals surface area contributed by atoms with Gasteiger partial charge in [-0.15, -0.1) is 24.0 Å². The Bertz CT molecular complexity index is 631. The molecule has 0 atom stereocenters. The average molecular weight is 500 g/mol. The molecule has 2 rings (SSSR count). The van der Waals surface area contributed by atoms with Crippen LogP contribution in [0.1, 0.15) is 44.6 Å². The van der Waals surface area contributed by atoms with E-state index in [4.69, 9.17) is 4.74 Å². The molecule has 7 heteroatoms. The van der Waals surface area contributed by atoms with Gasteiger partial charge >= 0.3 is 0 Å². The molecule has 0 bridgehead atoms. The van der Waals surface area contributed by atoms with Crippen LogP contribution in [-0.2, 0) is 11.3 Å². The largest absolute Gasteiger partial charge is 0.489 e. The summed E-state index contributed by atoms with van der Waals surface area (Å²) in [6.07, 6.45) is 6.83. The molecule has 1 aromatic carbocycles. The Balaban J connectivity index is 0.00000392. The van der Waals surface area contributed by atoms with E-state index in [0.717, 1.165) is 30.7 Å². The predicted molar refractivity (Wildman–Crippen MR) is 125 cm³/mol. The van der Waals surface area contributed by atoms with Gasteiger partial charge < -0.3 is 20.7 Å². The zero-order chi connectivity index (χ0) is 19.3. The first-order valence-electron chi connectivity index (χ1n) is 9.86. The quantitative estimate of drug-likeness (QED) is 0.199. The van der Waals surface area contributed by atoms with Gasteiger partial charge in [-0.1, -0.05) is 43.7 Å². The Morgan fingerprint density at radius 2 is 2.04 bits per heavy atom. The van der Waals surface area contributed by atoms with Gasteiger partial charge in [0.2, 0.25) is 5.91 Å². The van der Waals surface area contributed by atoms with Gasteiger partial charge in [-0.2, -0.15) is 0 Å². The highest BCUT2D eigenvalue weighted by Gasteiger charge is 2.16. The second kappa shape index (κ2) is 14.3. The third-order valence-corrected chi connectivity index (χ3v) is 4.45. The maximum Gasteiger partial charge on any atom is 0.221 e. The highest BCUT2D eigenvalue weighted by molar-refractivity contribution is 14.0. The summed E-state index contributed by atoms with van der Waals surface area (Å²) in [4.78, 5) is 16.6. The number of nitrogens with one attached hydrogen (secondary N) is 3. The van der Waals surface area contributed by atoms with E-state index < -0.39 is 0 Å². The molecule has 0 aromatic heterocycles. The molecule has 0 radical (unpaired) electrons. The maximum absolute atomic E-state index is 12.0. The van der Waals surface area contributed by atoms with E-state index in [1.165, 1.54) is 12.8 Å². The Morgan fingerprint density at radius 3 is 2.75 bits per heavy atom. The third-order valence-electron chi connectivity index (χ3n) is 4.45. The van der Waals surface area contributed by atoms with Gasteiger partial charge in [0.1, 0.15) is 12.4 Å². The van der Waals surface area contributed by atoms with Gasteiger partial charge in [0.25, 0.3) is 0 Å². The van der Waals surface area contributed by atoms with Crippen molar-refractivity contribution < 1.29 is 9.53 Å². The van der Waals surface area contributed by atoms with Crippen LogP contribution in [0, 0.1) is 0 Å². The summed E-state index contributed by atoms with van der Waals surface area (Å²) in [6, 6.07) is 8.21. The number of para-hydroxylation sites is 1. The van der Waals surface area contributed by atoms with E-state index in [-0.39, 0.29) is 29.9 Å². The van der Waals surface area contributed by atoms with Crippen LogP contribution in [0.25, 0.3) is 0 Å². The van der Waals surface area contributed by atoms with Crippen molar-refractivity contribution in [1.29, 1.82) is 0 Å². The van der Waals surface area contributed by atoms with Crippen LogP contribution in [0.4, 0.5) is 0 Å². The second-order valence-electron chi connectivity index (χ2n) is 6.63. The lowest BCUT2D eigenvalue weighted by atomic mass is 10.2. The van der Waals surface area contributed by atoms with Crippen molar-refractivity contribution in [3.63, 3.8) is 0 Å². The SMILES string of the molecule is C=CCOc1ccccc1CN=C(NCC)NCCC(=O)NC1CCCC1.I. The van der Waals surface area contributed by atoms with Gasteiger partial charge in [0.15, 0.2) is 5.96 Å². The molecule has 1 aliphatic carbocycles. The summed E-state index contributed by atoms with van der Waals surface area (Å²) in [6.45, 7) is 7.98. The Morgan fingerprint density at radius 1 is 1.29 bits per heavy atom. The van der Waals surface area contributed by atoms with Crippen molar-refractivity contribution >= 4 is 35.8 Å². The lowest BCUT2D eigenvalue weighted by molar-refractivity contribution is -0.121. The van der Waals surface area contributed by atoms with Crippen molar-refractivity contribution in [2.75, 3.05) is 19.7 Å². The number of benzene rings is 1. The first-order valence-corrected chi connectivity index (χ1v) is 9.86. The van der Waals surface area contributed by atoms with Crippen LogP contribution in [0.15, 0.2) is 41.9 Å². The van der Waals surface area contributed by atoms with Crippen molar-refractivity contribution in [2.24, 2.45) is 4.99 Å². The molecule has 0 heterocycles. The van der Waals surface area contributed by atoms with Crippen LogP contribution < -0.4 is 20.7 Å². The minimum atomic E-state index is 0. The van der Waals surface area contributed by atoms with Crippen LogP contribution in [0.5, 0.6) is 5.75 Å². The zero-order valence-electron chi connectivity index (χ0n) is 16.7. The second-order valence-corrected chi connectivity index (χ2v) is 6.63. The maximum atomic E-state index is 12.0. The molecule has 0 aliphatic heterocycles. The average Bonchev–Trinajstić information content (AvgIpc) is 3.18. The summed E-state index contributed by atoms with van der Waals surface area (Å²) in [5.41, 5.74) is 1.01. The monoisotopic (exact) mass is 500 g/mol. The number of hydrogen-bond acceptors (Lipinski definition) is 3. The van der Waals surface area contributed by atoms with Gasteiger partial charge in [-0.25, -0.2) is 4.99 Å². The molecule has 1 amide bonds. The highest BCUT2D eigenvalue weighted by Crippen LogP contribution is 2.19. The summed E-state index contributed by atoms with van der Waals surface area (Å²) < 4.78 is 5.67. The first kappa shape index (κ1) is 24.3. The van der Waals surface area contributed by atoms with Crippen LogP contribution in [0.2, 0.25) is 0 Å². The van der Waals surface area contributed by atoms with Crippen molar-refractivity contribution in [2.45, 2.75) is 51.6 Å². The first-order chi connectivity index (χ1) is 13.2. The fourth-order valence-corrected chi connectivity index (χ4v) is 3.09. The summed E-state index contributed by atoms with van der Waals surface area (Å²) in [5, 5.41) is 9.55. The van der Waals surface area contributed by atoms with E-state index in [1.54, 1.807) is 6.08 Å². The lowest BCUT2D eigenvalue weighted by Crippen LogP contribution is -2.40. The van der Waals surface area contributed by atoms with E-state index in [9.17, 15) is 4.79 Å². The van der Waals surface area contributed by atoms with Crippen LogP contribution in [0.3, 0.4) is 0 Å². The number of carbonyl (C=O) groups is 1. The third kappa shape index (κ3) is 8.95. The summed E-state index contributed by atoms with van der Waals surface area (Å²) >= 11 is 0. The van der Waals surface area contributed by atoms with Gasteiger partial charge in [0, 0.05) is 31.1 Å². The number of nitrogens with zero attached hydrogens (tertiary/aromatic N) is 1. The topological polar surface area (TPSA) is 74.8 Å². The molecular formula is C21H33IN4O2. The molecule has 3 N–H and O–H groups in total. The molecule has 28 heavy (non-hydrogen) atoms. The minimum absolute atomic E-state index is 0. The number of hydrogen-bond donors (Lipinski definition) is 3. The van der Waals surface area contributed by atoms with Crippen molar-refractivity contribution in [3.05, 3.63) is 42.5 Å². The molecule has 0 unspecified atom stereocenters. The molecule has 6 nitrogen and oxygen atoms in total. The van der Waals surface area contributed by atoms with Gasteiger partial charge in [0.05, 0.1) is 6.54 Å². The Hall–Kier alpha value is -1.77. The predicted octanol–water partition coefficient (Wildman–Crippen LogP) is 3.37. The van der Waals surface area contributed by atoms with Gasteiger partial charge in [-0.3, -0.25) is 4.79 Å². The molecule has 0 spiro atoms. The summed E-state index contributed by atoms with van der Waals surface area (Å²) in [7, 11) is 0. The molecule has 1 aromatic rings. The molecule has 1 saturated carbocycles. The number of halogens is 1. The molecule has 1 aliphatic rings. The van der Waals surface area contributed by atoms with E-state index in [2.05, 4.69) is 27.5 Å². The number of carbonyl (C=O) groups excluding carboxylic acids is 1. The fraction of sp³-hybridized carbons (Fsp3) is 0.524. The zero-order valence-corrected chi connectivity index (χ0v) is 19.0. The number of ether oxygens (including phenoxy) is 1. The Labute approximate surface area is 185 Å². The molecular weight excluding hydrogens is 467 g/mol. The lowest BCUT2D eigenvalue weighted by Gasteiger charge is -2.14. The minimum Gasteiger partial charge on any atom is -0.489 e. The molecule has 0 saturated heterocycles. The van der Waals surface area contributed by atoms with Crippen LogP contribution in [-0.4, -0.2) is 37.6 Å². The Kier molecular flexibility index (Phi) is 12.4. The number of amides is 1. The van der Waals surface area contributed by atoms with Crippen molar-refractivity contribution in [1.82, 2.24) is 16.0 Å². The number of rotatable bonds is 10. The summed E-state index contributed by atoms with van der Waals surface area (Å²) in [5.74, 6) is 1.62. The number of aliphatic imine (C=N–C) groups is 1. The molecule has 156 valence electrons. The van der Waals surface area contributed by atoms with E-state index in [1.807, 2.05) is 31.2 Å². The standard InChI is InChI=1S/C21H32N4O2.HI/c1-3-15-27-19-12-8-5-9-17(19)16-24-21(22-4-2)23-14-13-20(26)25-18-10-6-7-11-18;/h3,5,8-9,12,18H,1,4,6-7,10-11,13-16H2,2H3,(H,25,26)(H2,22,23,24);1H. The fourth-order valence-electron chi connectivity index (χ4n) is 3.09. The van der Waals surface area contributed by atoms with E-state index in [0.29, 0.717) is 38.1 Å². The molecule has 1 fully saturated rings. The smallest absolute Gasteiger partial charge is 0.221 e. The van der Waals surface area contributed by atoms with E-state index >= 15 is 0 Å².